The Labute approximate surface area is 120 Å². The van der Waals surface area contributed by atoms with Gasteiger partial charge in [0.05, 0.1) is 9.13 Å². The molecule has 1 N–H and O–H groups in total. The number of hydrogen-bond donors (Lipinski definition) is 1. The van der Waals surface area contributed by atoms with E-state index in [-0.39, 0.29) is 10.6 Å². The Morgan fingerprint density at radius 1 is 1.42 bits per heavy atom. The lowest BCUT2D eigenvalue weighted by atomic mass is 10.2. The maximum atomic E-state index is 11.0. The summed E-state index contributed by atoms with van der Waals surface area (Å²) in [5.74, 6) is 0.744. The maximum Gasteiger partial charge on any atom is 0.292 e. The van der Waals surface area contributed by atoms with Crippen molar-refractivity contribution in [3.63, 3.8) is 0 Å². The van der Waals surface area contributed by atoms with Crippen molar-refractivity contribution in [1.29, 1.82) is 0 Å². The van der Waals surface area contributed by atoms with E-state index in [9.17, 15) is 10.1 Å². The van der Waals surface area contributed by atoms with E-state index in [4.69, 9.17) is 0 Å². The van der Waals surface area contributed by atoms with Crippen LogP contribution in [0, 0.1) is 10.1 Å². The smallest absolute Gasteiger partial charge is 0.292 e. The predicted octanol–water partition coefficient (Wildman–Crippen LogP) is 4.38. The second-order valence-corrected chi connectivity index (χ2v) is 6.08. The molecule has 1 heterocycles. The van der Waals surface area contributed by atoms with Gasteiger partial charge in [0, 0.05) is 18.4 Å². The van der Waals surface area contributed by atoms with Crippen molar-refractivity contribution < 1.29 is 4.92 Å². The quantitative estimate of drug-likeness (QED) is 0.488. The van der Waals surface area contributed by atoms with Gasteiger partial charge in [0.2, 0.25) is 0 Å². The Kier molecular flexibility index (Phi) is 4.81. The van der Waals surface area contributed by atoms with Crippen LogP contribution in [0.1, 0.15) is 12.5 Å². The number of rotatable bonds is 6. The van der Waals surface area contributed by atoms with Crippen LogP contribution in [0.3, 0.4) is 0 Å². The van der Waals surface area contributed by atoms with Gasteiger partial charge in [-0.05, 0) is 30.0 Å². The Balaban J connectivity index is 2.13. The molecule has 0 atom stereocenters. The first-order valence-corrected chi connectivity index (χ1v) is 7.74. The van der Waals surface area contributed by atoms with Crippen LogP contribution in [0.15, 0.2) is 39.9 Å². The van der Waals surface area contributed by atoms with Crippen LogP contribution in [-0.4, -0.2) is 11.5 Å². The van der Waals surface area contributed by atoms with E-state index in [1.807, 2.05) is 24.4 Å². The van der Waals surface area contributed by atoms with E-state index in [2.05, 4.69) is 11.4 Å². The molecule has 6 heteroatoms. The molecule has 0 unspecified atom stereocenters. The van der Waals surface area contributed by atoms with Crippen molar-refractivity contribution in [3.05, 3.63) is 51.4 Å². The van der Waals surface area contributed by atoms with Gasteiger partial charge < -0.3 is 5.32 Å². The van der Waals surface area contributed by atoms with Gasteiger partial charge in [-0.1, -0.05) is 12.1 Å². The van der Waals surface area contributed by atoms with E-state index in [1.165, 1.54) is 4.21 Å². The summed E-state index contributed by atoms with van der Waals surface area (Å²) in [6.45, 7) is 2.59. The summed E-state index contributed by atoms with van der Waals surface area (Å²) in [5, 5.41) is 16.1. The molecule has 0 saturated carbocycles. The van der Waals surface area contributed by atoms with Crippen molar-refractivity contribution in [2.24, 2.45) is 0 Å². The molecule has 0 spiro atoms. The number of hydrogen-bond acceptors (Lipinski definition) is 5. The Morgan fingerprint density at radius 2 is 2.26 bits per heavy atom. The van der Waals surface area contributed by atoms with Crippen molar-refractivity contribution in [3.8, 4) is 0 Å². The van der Waals surface area contributed by atoms with Gasteiger partial charge in [-0.15, -0.1) is 23.1 Å². The molecule has 1 aromatic carbocycles. The van der Waals surface area contributed by atoms with Gasteiger partial charge >= 0.3 is 0 Å². The molecule has 19 heavy (non-hydrogen) atoms. The van der Waals surface area contributed by atoms with Crippen molar-refractivity contribution in [1.82, 2.24) is 0 Å². The molecule has 0 saturated heterocycles. The minimum Gasteiger partial charge on any atom is -0.380 e. The summed E-state index contributed by atoms with van der Waals surface area (Å²) in [4.78, 5) is 10.7. The van der Waals surface area contributed by atoms with E-state index in [0.29, 0.717) is 12.2 Å². The topological polar surface area (TPSA) is 55.2 Å². The second kappa shape index (κ2) is 6.58. The number of thiophene rings is 1. The molecule has 100 valence electrons. The molecule has 1 aromatic heterocycles. The van der Waals surface area contributed by atoms with Crippen molar-refractivity contribution in [2.45, 2.75) is 16.9 Å². The molecule has 0 aliphatic heterocycles. The molecule has 0 aliphatic carbocycles. The van der Waals surface area contributed by atoms with Gasteiger partial charge in [-0.25, -0.2) is 0 Å². The summed E-state index contributed by atoms with van der Waals surface area (Å²) in [6, 6.07) is 9.43. The van der Waals surface area contributed by atoms with E-state index in [1.54, 1.807) is 35.2 Å². The zero-order chi connectivity index (χ0) is 13.7. The first-order valence-electron chi connectivity index (χ1n) is 5.88. The summed E-state index contributed by atoms with van der Waals surface area (Å²) in [7, 11) is 0. The van der Waals surface area contributed by atoms with Crippen LogP contribution in [0.2, 0.25) is 0 Å². The van der Waals surface area contributed by atoms with Crippen LogP contribution < -0.4 is 5.32 Å². The minimum absolute atomic E-state index is 0.145. The largest absolute Gasteiger partial charge is 0.380 e. The molecule has 0 fully saturated rings. The molecule has 2 rings (SSSR count). The summed E-state index contributed by atoms with van der Waals surface area (Å²) >= 11 is 3.38. The average molecular weight is 294 g/mol. The third-order valence-electron chi connectivity index (χ3n) is 2.50. The number of anilines is 1. The molecule has 0 amide bonds. The highest BCUT2D eigenvalue weighted by Crippen LogP contribution is 2.31. The third kappa shape index (κ3) is 3.71. The predicted molar refractivity (Wildman–Crippen MR) is 81.1 cm³/mol. The standard InChI is InChI=1S/C13H14N2O2S2/c1-2-14-11-6-5-10(8-12(11)15(16)17)9-19-13-4-3-7-18-13/h3-8,14H,2,9H2,1H3. The normalized spacial score (nSPS) is 10.4. The van der Waals surface area contributed by atoms with Crippen LogP contribution in [0.25, 0.3) is 0 Å². The Morgan fingerprint density at radius 3 is 2.89 bits per heavy atom. The number of nitrogens with zero attached hydrogens (tertiary/aromatic N) is 1. The lowest BCUT2D eigenvalue weighted by Crippen LogP contribution is -2.01. The van der Waals surface area contributed by atoms with Gasteiger partial charge in [0.25, 0.3) is 5.69 Å². The molecule has 4 nitrogen and oxygen atoms in total. The molecule has 0 bridgehead atoms. The maximum absolute atomic E-state index is 11.0. The number of nitro benzene ring substituents is 1. The van der Waals surface area contributed by atoms with E-state index in [0.717, 1.165) is 11.3 Å². The highest BCUT2D eigenvalue weighted by molar-refractivity contribution is 8.00. The van der Waals surface area contributed by atoms with Crippen molar-refractivity contribution >= 4 is 34.5 Å². The second-order valence-electron chi connectivity index (χ2n) is 3.86. The summed E-state index contributed by atoms with van der Waals surface area (Å²) < 4.78 is 1.22. The lowest BCUT2D eigenvalue weighted by molar-refractivity contribution is -0.384. The summed E-state index contributed by atoms with van der Waals surface area (Å²) in [5.41, 5.74) is 1.69. The molecular weight excluding hydrogens is 280 g/mol. The zero-order valence-electron chi connectivity index (χ0n) is 10.5. The number of benzene rings is 1. The Bertz CT molecular complexity index is 556. The van der Waals surface area contributed by atoms with Crippen LogP contribution in [-0.2, 0) is 5.75 Å². The monoisotopic (exact) mass is 294 g/mol. The zero-order valence-corrected chi connectivity index (χ0v) is 12.1. The van der Waals surface area contributed by atoms with Gasteiger partial charge in [-0.2, -0.15) is 0 Å². The minimum atomic E-state index is -0.336. The first-order chi connectivity index (χ1) is 9.20. The van der Waals surface area contributed by atoms with Crippen molar-refractivity contribution in [2.75, 3.05) is 11.9 Å². The average Bonchev–Trinajstić information content (AvgIpc) is 2.91. The fraction of sp³-hybridized carbons (Fsp3) is 0.231. The number of nitro groups is 1. The third-order valence-corrected chi connectivity index (χ3v) is 4.70. The van der Waals surface area contributed by atoms with Crippen LogP contribution in [0.4, 0.5) is 11.4 Å². The number of thioether (sulfide) groups is 1. The van der Waals surface area contributed by atoms with Gasteiger partial charge in [0.1, 0.15) is 5.69 Å². The molecular formula is C13H14N2O2S2. The number of nitrogens with one attached hydrogen (secondary N) is 1. The van der Waals surface area contributed by atoms with Gasteiger partial charge in [0.15, 0.2) is 0 Å². The molecule has 0 aliphatic rings. The molecule has 2 aromatic rings. The highest BCUT2D eigenvalue weighted by atomic mass is 32.2. The Hall–Kier alpha value is -1.53. The van der Waals surface area contributed by atoms with E-state index >= 15 is 0 Å². The van der Waals surface area contributed by atoms with Crippen LogP contribution >= 0.6 is 23.1 Å². The summed E-state index contributed by atoms with van der Waals surface area (Å²) in [6.07, 6.45) is 0. The van der Waals surface area contributed by atoms with Gasteiger partial charge in [-0.3, -0.25) is 10.1 Å². The lowest BCUT2D eigenvalue weighted by Gasteiger charge is -2.06. The first kappa shape index (κ1) is 13.9. The SMILES string of the molecule is CCNc1ccc(CSc2cccs2)cc1[N+](=O)[O-]. The fourth-order valence-electron chi connectivity index (χ4n) is 1.66. The fourth-order valence-corrected chi connectivity index (χ4v) is 3.39. The highest BCUT2D eigenvalue weighted by Gasteiger charge is 2.13. The molecule has 0 radical (unpaired) electrons. The van der Waals surface area contributed by atoms with Crippen LogP contribution in [0.5, 0.6) is 0 Å². The van der Waals surface area contributed by atoms with E-state index < -0.39 is 0 Å².